The van der Waals surface area contributed by atoms with Crippen molar-refractivity contribution in [3.8, 4) is 17.2 Å². The van der Waals surface area contributed by atoms with E-state index in [4.69, 9.17) is 14.2 Å². The van der Waals surface area contributed by atoms with Gasteiger partial charge in [-0.3, -0.25) is 4.79 Å². The van der Waals surface area contributed by atoms with Crippen LogP contribution in [0.5, 0.6) is 17.2 Å². The zero-order chi connectivity index (χ0) is 18.9. The van der Waals surface area contributed by atoms with Gasteiger partial charge in [0.25, 0.3) is 5.91 Å². The third-order valence-corrected chi connectivity index (χ3v) is 3.70. The Morgan fingerprint density at radius 3 is 2.19 bits per heavy atom. The molecule has 2 atom stereocenters. The first-order valence-corrected chi connectivity index (χ1v) is 8.51. The molecule has 0 fully saturated rings. The molecule has 0 radical (unpaired) electrons. The molecule has 0 aliphatic heterocycles. The van der Waals surface area contributed by atoms with E-state index in [1.807, 2.05) is 26.0 Å². The van der Waals surface area contributed by atoms with Gasteiger partial charge in [0, 0.05) is 0 Å². The maximum absolute atomic E-state index is 12.9. The molecule has 2 aromatic carbocycles. The van der Waals surface area contributed by atoms with Crippen LogP contribution in [0.3, 0.4) is 0 Å². The minimum Gasteiger partial charge on any atom is -0.497 e. The number of ether oxygens (including phenoxy) is 3. The molecule has 1 N–H and O–H groups in total. The molecular formula is C20H24FNO4. The second-order valence-corrected chi connectivity index (χ2v) is 5.86. The average molecular weight is 361 g/mol. The lowest BCUT2D eigenvalue weighted by atomic mass is 10.2. The Hall–Kier alpha value is -2.76. The highest BCUT2D eigenvalue weighted by Crippen LogP contribution is 2.17. The van der Waals surface area contributed by atoms with Gasteiger partial charge in [-0.05, 0) is 61.9 Å². The number of nitrogens with one attached hydrogen (secondary N) is 1. The van der Waals surface area contributed by atoms with Gasteiger partial charge in [-0.15, -0.1) is 0 Å². The second kappa shape index (κ2) is 9.65. The summed E-state index contributed by atoms with van der Waals surface area (Å²) in [6.07, 6.45) is -0.154. The van der Waals surface area contributed by atoms with Crippen molar-refractivity contribution < 1.29 is 23.4 Å². The van der Waals surface area contributed by atoms with Crippen molar-refractivity contribution in [1.82, 2.24) is 5.32 Å². The highest BCUT2D eigenvalue weighted by Gasteiger charge is 2.20. The Balaban J connectivity index is 1.82. The molecule has 0 saturated carbocycles. The predicted molar refractivity (Wildman–Crippen MR) is 97.2 cm³/mol. The van der Waals surface area contributed by atoms with Gasteiger partial charge in [0.15, 0.2) is 6.10 Å². The molecule has 26 heavy (non-hydrogen) atoms. The standard InChI is InChI=1S/C20H24FNO4/c1-4-19(26-18-7-5-15(21)6-8-18)20(23)22-14(2)13-25-17-11-9-16(24-3)10-12-17/h5-12,14,19H,4,13H2,1-3H3,(H,22,23). The summed E-state index contributed by atoms with van der Waals surface area (Å²) >= 11 is 0. The first kappa shape index (κ1) is 19.6. The highest BCUT2D eigenvalue weighted by atomic mass is 19.1. The lowest BCUT2D eigenvalue weighted by Gasteiger charge is -2.21. The highest BCUT2D eigenvalue weighted by molar-refractivity contribution is 5.81. The van der Waals surface area contributed by atoms with Crippen molar-refractivity contribution >= 4 is 5.91 Å². The van der Waals surface area contributed by atoms with Crippen molar-refractivity contribution in [3.05, 3.63) is 54.3 Å². The normalized spacial score (nSPS) is 12.8. The molecule has 5 nitrogen and oxygen atoms in total. The predicted octanol–water partition coefficient (Wildman–Crippen LogP) is 3.58. The van der Waals surface area contributed by atoms with E-state index in [9.17, 15) is 9.18 Å². The van der Waals surface area contributed by atoms with Crippen molar-refractivity contribution in [3.63, 3.8) is 0 Å². The fourth-order valence-electron chi connectivity index (χ4n) is 2.27. The van der Waals surface area contributed by atoms with Gasteiger partial charge in [-0.2, -0.15) is 0 Å². The van der Waals surface area contributed by atoms with Gasteiger partial charge in [0.1, 0.15) is 29.7 Å². The van der Waals surface area contributed by atoms with Gasteiger partial charge in [-0.25, -0.2) is 4.39 Å². The van der Waals surface area contributed by atoms with Crippen molar-refractivity contribution in [1.29, 1.82) is 0 Å². The molecule has 140 valence electrons. The number of methoxy groups -OCH3 is 1. The van der Waals surface area contributed by atoms with Crippen LogP contribution in [0.2, 0.25) is 0 Å². The molecule has 0 spiro atoms. The maximum atomic E-state index is 12.9. The molecule has 0 saturated heterocycles. The van der Waals surface area contributed by atoms with Crippen LogP contribution >= 0.6 is 0 Å². The van der Waals surface area contributed by atoms with Crippen LogP contribution < -0.4 is 19.5 Å². The Kier molecular flexibility index (Phi) is 7.26. The number of carbonyl (C=O) groups excluding carboxylic acids is 1. The van der Waals surface area contributed by atoms with E-state index in [0.29, 0.717) is 24.5 Å². The van der Waals surface area contributed by atoms with Crippen LogP contribution in [0, 0.1) is 5.82 Å². The van der Waals surface area contributed by atoms with Crippen LogP contribution in [-0.2, 0) is 4.79 Å². The first-order valence-electron chi connectivity index (χ1n) is 8.51. The van der Waals surface area contributed by atoms with Crippen molar-refractivity contribution in [2.45, 2.75) is 32.4 Å². The molecule has 0 heterocycles. The molecule has 6 heteroatoms. The third kappa shape index (κ3) is 5.95. The average Bonchev–Trinajstić information content (AvgIpc) is 2.66. The van der Waals surface area contributed by atoms with E-state index in [1.165, 1.54) is 24.3 Å². The van der Waals surface area contributed by atoms with Gasteiger partial charge in [0.05, 0.1) is 13.2 Å². The summed E-state index contributed by atoms with van der Waals surface area (Å²) in [5, 5.41) is 2.87. The summed E-state index contributed by atoms with van der Waals surface area (Å²) in [5.74, 6) is 1.32. The monoisotopic (exact) mass is 361 g/mol. The number of carbonyl (C=O) groups is 1. The first-order chi connectivity index (χ1) is 12.5. The minimum atomic E-state index is -0.649. The fraction of sp³-hybridized carbons (Fsp3) is 0.350. The van der Waals surface area contributed by atoms with Crippen LogP contribution in [0.25, 0.3) is 0 Å². The number of hydrogen-bond acceptors (Lipinski definition) is 4. The molecule has 2 rings (SSSR count). The van der Waals surface area contributed by atoms with E-state index in [2.05, 4.69) is 5.32 Å². The second-order valence-electron chi connectivity index (χ2n) is 5.86. The van der Waals surface area contributed by atoms with E-state index >= 15 is 0 Å². The van der Waals surface area contributed by atoms with E-state index in [-0.39, 0.29) is 17.8 Å². The molecule has 0 bridgehead atoms. The number of hydrogen-bond donors (Lipinski definition) is 1. The molecule has 2 aromatic rings. The van der Waals surface area contributed by atoms with E-state index in [1.54, 1.807) is 19.2 Å². The van der Waals surface area contributed by atoms with Gasteiger partial charge in [0.2, 0.25) is 0 Å². The van der Waals surface area contributed by atoms with Crippen LogP contribution in [0.1, 0.15) is 20.3 Å². The Morgan fingerprint density at radius 1 is 1.04 bits per heavy atom. The molecular weight excluding hydrogens is 337 g/mol. The smallest absolute Gasteiger partial charge is 0.261 e. The topological polar surface area (TPSA) is 56.8 Å². The summed E-state index contributed by atoms with van der Waals surface area (Å²) in [7, 11) is 1.60. The third-order valence-electron chi connectivity index (χ3n) is 3.70. The summed E-state index contributed by atoms with van der Waals surface area (Å²) in [6.45, 7) is 4.03. The van der Waals surface area contributed by atoms with Crippen molar-refractivity contribution in [2.24, 2.45) is 0 Å². The maximum Gasteiger partial charge on any atom is 0.261 e. The molecule has 0 aromatic heterocycles. The number of rotatable bonds is 9. The quantitative estimate of drug-likeness (QED) is 0.742. The SMILES string of the molecule is CCC(Oc1ccc(F)cc1)C(=O)NC(C)COc1ccc(OC)cc1. The zero-order valence-electron chi connectivity index (χ0n) is 15.2. The van der Waals surface area contributed by atoms with E-state index < -0.39 is 6.10 Å². The van der Waals surface area contributed by atoms with E-state index in [0.717, 1.165) is 5.75 Å². The lowest BCUT2D eigenvalue weighted by Crippen LogP contribution is -2.44. The molecule has 2 unspecified atom stereocenters. The summed E-state index contributed by atoms with van der Waals surface area (Å²) in [5.41, 5.74) is 0. The van der Waals surface area contributed by atoms with Crippen LogP contribution in [-0.4, -0.2) is 31.8 Å². The van der Waals surface area contributed by atoms with Crippen LogP contribution in [0.15, 0.2) is 48.5 Å². The van der Waals surface area contributed by atoms with Crippen molar-refractivity contribution in [2.75, 3.05) is 13.7 Å². The Morgan fingerprint density at radius 2 is 1.62 bits per heavy atom. The lowest BCUT2D eigenvalue weighted by molar-refractivity contribution is -0.128. The Labute approximate surface area is 153 Å². The largest absolute Gasteiger partial charge is 0.497 e. The molecule has 0 aliphatic carbocycles. The van der Waals surface area contributed by atoms with Gasteiger partial charge >= 0.3 is 0 Å². The summed E-state index contributed by atoms with van der Waals surface area (Å²) in [4.78, 5) is 12.4. The summed E-state index contributed by atoms with van der Waals surface area (Å²) in [6, 6.07) is 12.6. The molecule has 1 amide bonds. The number of amides is 1. The van der Waals surface area contributed by atoms with Gasteiger partial charge in [-0.1, -0.05) is 6.92 Å². The summed E-state index contributed by atoms with van der Waals surface area (Å²) < 4.78 is 29.3. The molecule has 0 aliphatic rings. The fourth-order valence-corrected chi connectivity index (χ4v) is 2.27. The Bertz CT molecular complexity index is 688. The number of benzene rings is 2. The van der Waals surface area contributed by atoms with Gasteiger partial charge < -0.3 is 19.5 Å². The zero-order valence-corrected chi connectivity index (χ0v) is 15.2. The number of halogens is 1. The van der Waals surface area contributed by atoms with Crippen LogP contribution in [0.4, 0.5) is 4.39 Å². The minimum absolute atomic E-state index is 0.199.